The van der Waals surface area contributed by atoms with Crippen LogP contribution in [0.15, 0.2) is 0 Å². The van der Waals surface area contributed by atoms with Crippen molar-refractivity contribution in [1.29, 1.82) is 0 Å². The van der Waals surface area contributed by atoms with Crippen LogP contribution >= 0.6 is 12.6 Å². The van der Waals surface area contributed by atoms with Crippen LogP contribution in [-0.2, 0) is 9.68 Å². The molecule has 0 spiro atoms. The van der Waals surface area contributed by atoms with Gasteiger partial charge in [0.1, 0.15) is 0 Å². The molecule has 1 atom stereocenters. The summed E-state index contributed by atoms with van der Waals surface area (Å²) in [6, 6.07) is 0.00172. The fourth-order valence-corrected chi connectivity index (χ4v) is 1.10. The molecule has 1 amide bonds. The molecule has 84 valence electrons. The van der Waals surface area contributed by atoms with Gasteiger partial charge in [-0.1, -0.05) is 6.92 Å². The molecule has 0 aromatic rings. The Bertz CT molecular complexity index is 158. The third-order valence-corrected chi connectivity index (χ3v) is 2.14. The smallest absolute Gasteiger partial charge is 0.219 e. The zero-order chi connectivity index (χ0) is 10.8. The Labute approximate surface area is 89.5 Å². The van der Waals surface area contributed by atoms with E-state index in [9.17, 15) is 4.79 Å². The Morgan fingerprint density at radius 1 is 1.57 bits per heavy atom. The van der Waals surface area contributed by atoms with Gasteiger partial charge >= 0.3 is 0 Å². The number of amides is 1. The molecule has 3 N–H and O–H groups in total. The van der Waals surface area contributed by atoms with E-state index in [1.165, 1.54) is 0 Å². The van der Waals surface area contributed by atoms with E-state index >= 15 is 0 Å². The van der Waals surface area contributed by atoms with Crippen molar-refractivity contribution in [2.75, 3.05) is 25.4 Å². The molecule has 5 nitrogen and oxygen atoms in total. The first-order valence-corrected chi connectivity index (χ1v) is 5.25. The number of hydrogen-bond acceptors (Lipinski definition) is 5. The first kappa shape index (κ1) is 13.7. The summed E-state index contributed by atoms with van der Waals surface area (Å²) in [7, 11) is 0. The molecule has 0 aliphatic rings. The Kier molecular flexibility index (Phi) is 9.06. The van der Waals surface area contributed by atoms with Crippen LogP contribution in [0.4, 0.5) is 0 Å². The van der Waals surface area contributed by atoms with Crippen LogP contribution in [0.5, 0.6) is 0 Å². The van der Waals surface area contributed by atoms with Crippen LogP contribution in [-0.4, -0.2) is 42.7 Å². The van der Waals surface area contributed by atoms with E-state index in [2.05, 4.69) is 28.1 Å². The van der Waals surface area contributed by atoms with Crippen molar-refractivity contribution >= 4 is 18.5 Å². The topological polar surface area (TPSA) is 70.6 Å². The molecule has 0 aliphatic carbocycles. The van der Waals surface area contributed by atoms with Crippen molar-refractivity contribution in [3.05, 3.63) is 0 Å². The van der Waals surface area contributed by atoms with Crippen LogP contribution in [0.2, 0.25) is 0 Å². The SMILES string of the molecule is CCC(=O)NCCNC(CS)COO. The first-order valence-electron chi connectivity index (χ1n) is 4.61. The van der Waals surface area contributed by atoms with Crippen molar-refractivity contribution in [2.24, 2.45) is 0 Å². The Morgan fingerprint density at radius 3 is 2.79 bits per heavy atom. The fourth-order valence-electron chi connectivity index (χ4n) is 0.869. The number of nitrogens with one attached hydrogen (secondary N) is 2. The van der Waals surface area contributed by atoms with Gasteiger partial charge in [-0.2, -0.15) is 12.6 Å². The quantitative estimate of drug-likeness (QED) is 0.200. The molecule has 1 unspecified atom stereocenters. The molecule has 0 saturated heterocycles. The second kappa shape index (κ2) is 9.26. The maximum Gasteiger partial charge on any atom is 0.219 e. The van der Waals surface area contributed by atoms with Crippen LogP contribution in [0.1, 0.15) is 13.3 Å². The zero-order valence-corrected chi connectivity index (χ0v) is 9.22. The molecular formula is C8H18N2O3S. The van der Waals surface area contributed by atoms with Gasteiger partial charge in [0.05, 0.1) is 6.61 Å². The van der Waals surface area contributed by atoms with Crippen LogP contribution < -0.4 is 10.6 Å². The summed E-state index contributed by atoms with van der Waals surface area (Å²) in [4.78, 5) is 14.8. The van der Waals surface area contributed by atoms with Crippen molar-refractivity contribution in [2.45, 2.75) is 19.4 Å². The van der Waals surface area contributed by atoms with Gasteiger partial charge in [-0.3, -0.25) is 10.1 Å². The van der Waals surface area contributed by atoms with Gasteiger partial charge in [0.2, 0.25) is 5.91 Å². The second-order valence-electron chi connectivity index (χ2n) is 2.83. The van der Waals surface area contributed by atoms with E-state index in [0.717, 1.165) is 0 Å². The lowest BCUT2D eigenvalue weighted by atomic mass is 10.3. The van der Waals surface area contributed by atoms with Crippen LogP contribution in [0.3, 0.4) is 0 Å². The van der Waals surface area contributed by atoms with Gasteiger partial charge in [-0.05, 0) is 0 Å². The molecule has 6 heteroatoms. The van der Waals surface area contributed by atoms with Crippen LogP contribution in [0.25, 0.3) is 0 Å². The molecule has 0 aromatic heterocycles. The average molecular weight is 222 g/mol. The van der Waals surface area contributed by atoms with Crippen molar-refractivity contribution in [3.63, 3.8) is 0 Å². The minimum atomic E-state index is 0.00172. The Balaban J connectivity index is 3.37. The maximum atomic E-state index is 10.8. The van der Waals surface area contributed by atoms with E-state index in [-0.39, 0.29) is 18.6 Å². The third kappa shape index (κ3) is 7.14. The minimum Gasteiger partial charge on any atom is -0.355 e. The van der Waals surface area contributed by atoms with Gasteiger partial charge in [0.25, 0.3) is 0 Å². The molecule has 14 heavy (non-hydrogen) atoms. The summed E-state index contributed by atoms with van der Waals surface area (Å²) in [5.41, 5.74) is 0. The normalized spacial score (nSPS) is 12.5. The van der Waals surface area contributed by atoms with E-state index in [1.54, 1.807) is 6.92 Å². The molecule has 0 aromatic carbocycles. The van der Waals surface area contributed by atoms with E-state index in [0.29, 0.717) is 25.3 Å². The third-order valence-electron chi connectivity index (χ3n) is 1.70. The zero-order valence-electron chi connectivity index (χ0n) is 8.32. The molecule has 0 bridgehead atoms. The fraction of sp³-hybridized carbons (Fsp3) is 0.875. The molecule has 0 fully saturated rings. The molecule has 0 saturated carbocycles. The summed E-state index contributed by atoms with van der Waals surface area (Å²) >= 11 is 4.07. The highest BCUT2D eigenvalue weighted by atomic mass is 32.1. The number of hydrogen-bond donors (Lipinski definition) is 4. The summed E-state index contributed by atoms with van der Waals surface area (Å²) in [5, 5.41) is 14.0. The summed E-state index contributed by atoms with van der Waals surface area (Å²) in [5.74, 6) is 0.607. The average Bonchev–Trinajstić information content (AvgIpc) is 2.22. The highest BCUT2D eigenvalue weighted by Crippen LogP contribution is 1.87. The predicted octanol–water partition coefficient (Wildman–Crippen LogP) is -0.110. The second-order valence-corrected chi connectivity index (χ2v) is 3.20. The summed E-state index contributed by atoms with van der Waals surface area (Å²) in [6.45, 7) is 3.22. The lowest BCUT2D eigenvalue weighted by molar-refractivity contribution is -0.245. The molecule has 0 aliphatic heterocycles. The lowest BCUT2D eigenvalue weighted by Crippen LogP contribution is -2.40. The molecular weight excluding hydrogens is 204 g/mol. The highest BCUT2D eigenvalue weighted by molar-refractivity contribution is 7.80. The molecule has 0 radical (unpaired) electrons. The monoisotopic (exact) mass is 222 g/mol. The van der Waals surface area contributed by atoms with Gasteiger partial charge in [-0.25, -0.2) is 4.89 Å². The predicted molar refractivity (Wildman–Crippen MR) is 57.5 cm³/mol. The lowest BCUT2D eigenvalue weighted by Gasteiger charge is -2.14. The van der Waals surface area contributed by atoms with E-state index < -0.39 is 0 Å². The Hall–Kier alpha value is -0.300. The number of carbonyl (C=O) groups is 1. The van der Waals surface area contributed by atoms with Crippen LogP contribution in [0, 0.1) is 0 Å². The van der Waals surface area contributed by atoms with Gasteiger partial charge in [0.15, 0.2) is 0 Å². The van der Waals surface area contributed by atoms with Crippen molar-refractivity contribution in [1.82, 2.24) is 10.6 Å². The van der Waals surface area contributed by atoms with Gasteiger partial charge in [0, 0.05) is 31.3 Å². The number of carbonyl (C=O) groups excluding carboxylic acids is 1. The highest BCUT2D eigenvalue weighted by Gasteiger charge is 2.05. The van der Waals surface area contributed by atoms with E-state index in [1.807, 2.05) is 0 Å². The summed E-state index contributed by atoms with van der Waals surface area (Å²) < 4.78 is 0. The van der Waals surface area contributed by atoms with E-state index in [4.69, 9.17) is 5.26 Å². The van der Waals surface area contributed by atoms with Crippen molar-refractivity contribution in [3.8, 4) is 0 Å². The largest absolute Gasteiger partial charge is 0.355 e. The maximum absolute atomic E-state index is 10.8. The first-order chi connectivity index (χ1) is 6.74. The summed E-state index contributed by atoms with van der Waals surface area (Å²) in [6.07, 6.45) is 0.496. The van der Waals surface area contributed by atoms with Gasteiger partial charge < -0.3 is 10.6 Å². The number of rotatable bonds is 8. The molecule has 0 rings (SSSR count). The van der Waals surface area contributed by atoms with Gasteiger partial charge in [-0.15, -0.1) is 0 Å². The standard InChI is InChI=1S/C8H18N2O3S/c1-2-8(11)10-4-3-9-7(6-14)5-13-12/h7,9,12,14H,2-6H2,1H3,(H,10,11). The minimum absolute atomic E-state index is 0.00172. The van der Waals surface area contributed by atoms with Crippen molar-refractivity contribution < 1.29 is 14.9 Å². The Morgan fingerprint density at radius 2 is 2.29 bits per heavy atom. The molecule has 0 heterocycles. The number of thiol groups is 1.